The molecular weight excluding hydrogens is 414 g/mol. The number of aromatic nitrogens is 6. The number of hydrogen-bond donors (Lipinski definition) is 1. The number of hydrogen-bond acceptors (Lipinski definition) is 6. The number of ether oxygens (including phenoxy) is 1. The summed E-state index contributed by atoms with van der Waals surface area (Å²) >= 11 is 0. The molecule has 1 N–H and O–H groups in total. The molecule has 0 bridgehead atoms. The first-order valence-corrected chi connectivity index (χ1v) is 12.0. The molecule has 1 saturated heterocycles. The van der Waals surface area contributed by atoms with Gasteiger partial charge in [-0.3, -0.25) is 9.67 Å². The smallest absolute Gasteiger partial charge is 0.200 e. The summed E-state index contributed by atoms with van der Waals surface area (Å²) in [7, 11) is 0. The summed E-state index contributed by atoms with van der Waals surface area (Å²) in [6.45, 7) is 16.6. The van der Waals surface area contributed by atoms with E-state index in [0.29, 0.717) is 11.7 Å². The predicted octanol–water partition coefficient (Wildman–Crippen LogP) is 5.29. The van der Waals surface area contributed by atoms with Crippen molar-refractivity contribution in [3.63, 3.8) is 0 Å². The second-order valence-electron chi connectivity index (χ2n) is 10.4. The first-order valence-electron chi connectivity index (χ1n) is 12.0. The molecule has 3 aromatic heterocycles. The molecule has 178 valence electrons. The number of nitrogens with one attached hydrogen (secondary N) is 1. The Kier molecular flexibility index (Phi) is 6.56. The molecule has 0 amide bonds. The van der Waals surface area contributed by atoms with Gasteiger partial charge in [-0.25, -0.2) is 9.67 Å². The van der Waals surface area contributed by atoms with Crippen LogP contribution in [0.25, 0.3) is 23.0 Å². The van der Waals surface area contributed by atoms with Crippen molar-refractivity contribution in [1.29, 1.82) is 0 Å². The molecule has 4 rings (SSSR count). The Bertz CT molecular complexity index is 1070. The van der Waals surface area contributed by atoms with Crippen LogP contribution in [-0.2, 0) is 4.74 Å². The third kappa shape index (κ3) is 5.27. The van der Waals surface area contributed by atoms with Crippen molar-refractivity contribution in [2.75, 3.05) is 18.5 Å². The van der Waals surface area contributed by atoms with Crippen molar-refractivity contribution >= 4 is 5.69 Å². The molecule has 8 nitrogen and oxygen atoms in total. The number of aryl methyl sites for hydroxylation is 1. The highest BCUT2D eigenvalue weighted by atomic mass is 16.5. The Morgan fingerprint density at radius 2 is 1.76 bits per heavy atom. The number of pyridine rings is 1. The highest BCUT2D eigenvalue weighted by Crippen LogP contribution is 2.32. The fourth-order valence-electron chi connectivity index (χ4n) is 4.44. The largest absolute Gasteiger partial charge is 0.381 e. The molecule has 1 aliphatic rings. The fraction of sp³-hybridized carbons (Fsp3) is 0.600. The van der Waals surface area contributed by atoms with E-state index in [-0.39, 0.29) is 17.6 Å². The van der Waals surface area contributed by atoms with E-state index in [2.05, 4.69) is 69.5 Å². The highest BCUT2D eigenvalue weighted by Gasteiger charge is 2.28. The molecule has 8 heteroatoms. The van der Waals surface area contributed by atoms with Crippen molar-refractivity contribution < 1.29 is 4.74 Å². The lowest BCUT2D eigenvalue weighted by Crippen LogP contribution is -2.26. The molecule has 0 aliphatic carbocycles. The minimum absolute atomic E-state index is 0.0254. The van der Waals surface area contributed by atoms with Crippen molar-refractivity contribution in [2.24, 2.45) is 5.92 Å². The molecule has 4 heterocycles. The van der Waals surface area contributed by atoms with Crippen LogP contribution in [0.15, 0.2) is 24.4 Å². The van der Waals surface area contributed by atoms with Crippen LogP contribution in [0, 0.1) is 12.8 Å². The van der Waals surface area contributed by atoms with E-state index in [1.165, 1.54) is 0 Å². The van der Waals surface area contributed by atoms with Gasteiger partial charge in [-0.15, -0.1) is 5.10 Å². The summed E-state index contributed by atoms with van der Waals surface area (Å²) in [5.74, 6) is 1.92. The SMILES string of the molecule is Cc1cc(-c2nc(-c3ccc(NC(C)(C)C)cn3)nn2C(C)C2CCOCC2)nn1C(C)C. The van der Waals surface area contributed by atoms with Crippen LogP contribution in [0.2, 0.25) is 0 Å². The predicted molar refractivity (Wildman–Crippen MR) is 131 cm³/mol. The molecular formula is C25H37N7O. The normalized spacial score (nSPS) is 16.4. The summed E-state index contributed by atoms with van der Waals surface area (Å²) in [6, 6.07) is 6.59. The van der Waals surface area contributed by atoms with Gasteiger partial charge in [-0.2, -0.15) is 5.10 Å². The maximum Gasteiger partial charge on any atom is 0.200 e. The number of rotatable bonds is 6. The van der Waals surface area contributed by atoms with Gasteiger partial charge in [0.2, 0.25) is 0 Å². The lowest BCUT2D eigenvalue weighted by atomic mass is 9.93. The molecule has 3 aromatic rings. The topological polar surface area (TPSA) is 82.7 Å². The van der Waals surface area contributed by atoms with E-state index in [9.17, 15) is 0 Å². The summed E-state index contributed by atoms with van der Waals surface area (Å²) in [5.41, 5.74) is 3.68. The summed E-state index contributed by atoms with van der Waals surface area (Å²) < 4.78 is 9.69. The van der Waals surface area contributed by atoms with Crippen LogP contribution < -0.4 is 5.32 Å². The van der Waals surface area contributed by atoms with E-state index in [0.717, 1.165) is 54.6 Å². The second-order valence-corrected chi connectivity index (χ2v) is 10.4. The van der Waals surface area contributed by atoms with E-state index in [1.54, 1.807) is 0 Å². The number of nitrogens with zero attached hydrogens (tertiary/aromatic N) is 6. The summed E-state index contributed by atoms with van der Waals surface area (Å²) in [6.07, 6.45) is 3.90. The van der Waals surface area contributed by atoms with Gasteiger partial charge in [0.25, 0.3) is 0 Å². The van der Waals surface area contributed by atoms with Crippen LogP contribution in [-0.4, -0.2) is 48.3 Å². The molecule has 1 unspecified atom stereocenters. The van der Waals surface area contributed by atoms with Gasteiger partial charge in [-0.1, -0.05) is 0 Å². The molecule has 33 heavy (non-hydrogen) atoms. The molecule has 1 fully saturated rings. The molecule has 0 aromatic carbocycles. The Morgan fingerprint density at radius 1 is 1.03 bits per heavy atom. The van der Waals surface area contributed by atoms with E-state index in [1.807, 2.05) is 23.0 Å². The minimum Gasteiger partial charge on any atom is -0.381 e. The zero-order valence-electron chi connectivity index (χ0n) is 21.0. The average Bonchev–Trinajstić information content (AvgIpc) is 3.37. The monoisotopic (exact) mass is 451 g/mol. The Hall–Kier alpha value is -2.74. The quantitative estimate of drug-likeness (QED) is 0.548. The Morgan fingerprint density at radius 3 is 2.33 bits per heavy atom. The zero-order chi connectivity index (χ0) is 23.8. The van der Waals surface area contributed by atoms with E-state index in [4.69, 9.17) is 19.9 Å². The molecule has 0 radical (unpaired) electrons. The first kappa shape index (κ1) is 23.4. The standard InChI is InChI=1S/C25H37N7O/c1-16(2)31-17(3)14-22(29-31)24-27-23(21-9-8-20(15-26-21)28-25(5,6)7)30-32(24)18(4)19-10-12-33-13-11-19/h8-9,14-16,18-19,28H,10-13H2,1-7H3. The third-order valence-electron chi connectivity index (χ3n) is 6.12. The Balaban J connectivity index is 1.72. The van der Waals surface area contributed by atoms with Gasteiger partial charge in [0.1, 0.15) is 11.4 Å². The van der Waals surface area contributed by atoms with Crippen molar-refractivity contribution in [1.82, 2.24) is 29.5 Å². The van der Waals surface area contributed by atoms with Gasteiger partial charge in [-0.05, 0) is 85.4 Å². The first-order chi connectivity index (χ1) is 15.6. The van der Waals surface area contributed by atoms with Gasteiger partial charge in [0.05, 0.1) is 17.9 Å². The van der Waals surface area contributed by atoms with Gasteiger partial charge in [0.15, 0.2) is 11.6 Å². The van der Waals surface area contributed by atoms with Crippen LogP contribution in [0.1, 0.15) is 72.2 Å². The van der Waals surface area contributed by atoms with Crippen LogP contribution in [0.5, 0.6) is 0 Å². The van der Waals surface area contributed by atoms with Crippen molar-refractivity contribution in [2.45, 2.75) is 78.9 Å². The van der Waals surface area contributed by atoms with Crippen molar-refractivity contribution in [3.8, 4) is 23.0 Å². The summed E-state index contributed by atoms with van der Waals surface area (Å²) in [5, 5.41) is 13.3. The van der Waals surface area contributed by atoms with Gasteiger partial charge >= 0.3 is 0 Å². The molecule has 1 aliphatic heterocycles. The molecule has 0 saturated carbocycles. The highest BCUT2D eigenvalue weighted by molar-refractivity contribution is 5.59. The lowest BCUT2D eigenvalue weighted by molar-refractivity contribution is 0.0498. The van der Waals surface area contributed by atoms with E-state index >= 15 is 0 Å². The minimum atomic E-state index is -0.0254. The van der Waals surface area contributed by atoms with Crippen molar-refractivity contribution in [3.05, 3.63) is 30.1 Å². The van der Waals surface area contributed by atoms with Crippen LogP contribution >= 0.6 is 0 Å². The maximum atomic E-state index is 5.59. The maximum absolute atomic E-state index is 5.59. The number of anilines is 1. The third-order valence-corrected chi connectivity index (χ3v) is 6.12. The van der Waals surface area contributed by atoms with Gasteiger partial charge < -0.3 is 10.1 Å². The van der Waals surface area contributed by atoms with Crippen LogP contribution in [0.4, 0.5) is 5.69 Å². The molecule has 1 atom stereocenters. The Labute approximate surface area is 196 Å². The second kappa shape index (κ2) is 9.25. The summed E-state index contributed by atoms with van der Waals surface area (Å²) in [4.78, 5) is 9.60. The average molecular weight is 452 g/mol. The zero-order valence-corrected chi connectivity index (χ0v) is 21.0. The lowest BCUT2D eigenvalue weighted by Gasteiger charge is -2.28. The van der Waals surface area contributed by atoms with E-state index < -0.39 is 0 Å². The fourth-order valence-corrected chi connectivity index (χ4v) is 4.44. The van der Waals surface area contributed by atoms with Crippen LogP contribution in [0.3, 0.4) is 0 Å². The molecule has 0 spiro atoms. The van der Waals surface area contributed by atoms with Gasteiger partial charge in [0, 0.05) is 30.5 Å².